The predicted molar refractivity (Wildman–Crippen MR) is 106 cm³/mol. The molecule has 0 unspecified atom stereocenters. The van der Waals surface area contributed by atoms with Crippen LogP contribution in [0, 0.1) is 24.1 Å². The van der Waals surface area contributed by atoms with Crippen LogP contribution in [0.3, 0.4) is 0 Å². The highest BCUT2D eigenvalue weighted by molar-refractivity contribution is 8.04. The maximum absolute atomic E-state index is 13.2. The van der Waals surface area contributed by atoms with Gasteiger partial charge in [-0.25, -0.2) is 9.18 Å². The van der Waals surface area contributed by atoms with E-state index >= 15 is 0 Å². The maximum Gasteiger partial charge on any atom is 0.325 e. The van der Waals surface area contributed by atoms with Crippen molar-refractivity contribution in [1.82, 2.24) is 5.32 Å². The molecule has 2 atom stereocenters. The number of allylic oxidation sites excluding steroid dienone is 1. The van der Waals surface area contributed by atoms with Gasteiger partial charge in [-0.2, -0.15) is 5.26 Å². The Kier molecular flexibility index (Phi) is 5.66. The van der Waals surface area contributed by atoms with Crippen LogP contribution in [-0.2, 0) is 4.79 Å². The number of rotatable bonds is 3. The molecule has 0 aliphatic carbocycles. The van der Waals surface area contributed by atoms with Crippen molar-refractivity contribution in [3.63, 3.8) is 0 Å². The number of hydrogen-bond acceptors (Lipinski definition) is 5. The molecule has 0 aromatic heterocycles. The van der Waals surface area contributed by atoms with Gasteiger partial charge < -0.3 is 11.1 Å². The van der Waals surface area contributed by atoms with E-state index in [0.29, 0.717) is 11.3 Å². The molecule has 0 spiro atoms. The minimum Gasteiger partial charge on any atom is -0.393 e. The molecule has 1 heterocycles. The molecule has 0 bridgehead atoms. The van der Waals surface area contributed by atoms with Crippen LogP contribution in [0.4, 0.5) is 14.9 Å². The Bertz CT molecular complexity index is 981. The molecule has 1 aliphatic heterocycles. The zero-order chi connectivity index (χ0) is 20.3. The second-order valence-corrected chi connectivity index (χ2v) is 7.45. The Morgan fingerprint density at radius 2 is 1.79 bits per heavy atom. The van der Waals surface area contributed by atoms with Crippen LogP contribution < -0.4 is 16.4 Å². The summed E-state index contributed by atoms with van der Waals surface area (Å²) in [7, 11) is 0. The Balaban J connectivity index is 1.76. The number of hydrogen-bond donors (Lipinski definition) is 3. The highest BCUT2D eigenvalue weighted by atomic mass is 32.2. The molecule has 1 aliphatic rings. The second-order valence-electron chi connectivity index (χ2n) is 6.27. The molecular weight excluding hydrogens is 379 g/mol. The lowest BCUT2D eigenvalue weighted by atomic mass is 9.88. The molecule has 4 N–H and O–H groups in total. The number of urea groups is 1. The van der Waals surface area contributed by atoms with Crippen molar-refractivity contribution in [1.29, 1.82) is 5.26 Å². The van der Waals surface area contributed by atoms with Crippen LogP contribution >= 0.6 is 11.8 Å². The quantitative estimate of drug-likeness (QED) is 0.737. The summed E-state index contributed by atoms with van der Waals surface area (Å²) in [5, 5.41) is 13.7. The zero-order valence-electron chi connectivity index (χ0n) is 14.9. The first-order chi connectivity index (χ1) is 13.4. The van der Waals surface area contributed by atoms with E-state index in [1.54, 1.807) is 12.1 Å². The normalized spacial score (nSPS) is 18.5. The fraction of sp³-hybridized carbons (Fsp3) is 0.150. The number of carbonyl (C=O) groups is 2. The number of nitrogens with two attached hydrogens (primary N) is 1. The first-order valence-electron chi connectivity index (χ1n) is 8.39. The number of imide groups is 1. The van der Waals surface area contributed by atoms with Crippen LogP contribution in [0.5, 0.6) is 0 Å². The van der Waals surface area contributed by atoms with Crippen LogP contribution in [0.1, 0.15) is 17.0 Å². The number of nitriles is 1. The lowest BCUT2D eigenvalue weighted by Crippen LogP contribution is -2.41. The van der Waals surface area contributed by atoms with Gasteiger partial charge in [0.15, 0.2) is 0 Å². The molecule has 3 rings (SSSR count). The number of nitrogens with one attached hydrogen (secondary N) is 2. The third-order valence-corrected chi connectivity index (χ3v) is 5.50. The van der Waals surface area contributed by atoms with E-state index in [9.17, 15) is 19.2 Å². The smallest absolute Gasteiger partial charge is 0.325 e. The van der Waals surface area contributed by atoms with Crippen molar-refractivity contribution in [2.24, 2.45) is 5.73 Å². The lowest BCUT2D eigenvalue weighted by molar-refractivity contribution is -0.119. The summed E-state index contributed by atoms with van der Waals surface area (Å²) in [5.74, 6) is -1.68. The van der Waals surface area contributed by atoms with E-state index in [-0.39, 0.29) is 10.6 Å². The van der Waals surface area contributed by atoms with E-state index in [1.807, 2.05) is 25.1 Å². The van der Waals surface area contributed by atoms with Crippen molar-refractivity contribution in [3.8, 4) is 6.07 Å². The number of anilines is 1. The Labute approximate surface area is 165 Å². The van der Waals surface area contributed by atoms with Crippen molar-refractivity contribution in [2.45, 2.75) is 18.1 Å². The summed E-state index contributed by atoms with van der Waals surface area (Å²) in [6, 6.07) is 14.0. The maximum atomic E-state index is 13.2. The number of benzene rings is 2. The van der Waals surface area contributed by atoms with Gasteiger partial charge in [0, 0.05) is 11.6 Å². The summed E-state index contributed by atoms with van der Waals surface area (Å²) >= 11 is 1.01. The van der Waals surface area contributed by atoms with Crippen LogP contribution in [0.25, 0.3) is 0 Å². The van der Waals surface area contributed by atoms with Crippen LogP contribution in [0.2, 0.25) is 0 Å². The number of amides is 3. The van der Waals surface area contributed by atoms with Gasteiger partial charge in [-0.15, -0.1) is 0 Å². The zero-order valence-corrected chi connectivity index (χ0v) is 15.7. The highest BCUT2D eigenvalue weighted by Gasteiger charge is 2.41. The monoisotopic (exact) mass is 396 g/mol. The first-order valence-corrected chi connectivity index (χ1v) is 9.27. The van der Waals surface area contributed by atoms with Crippen molar-refractivity contribution >= 4 is 29.4 Å². The number of carbonyl (C=O) groups excluding carboxylic acids is 2. The van der Waals surface area contributed by atoms with E-state index < -0.39 is 28.9 Å². The van der Waals surface area contributed by atoms with Gasteiger partial charge in [-0.3, -0.25) is 10.1 Å². The summed E-state index contributed by atoms with van der Waals surface area (Å²) in [6.45, 7) is 1.92. The first kappa shape index (κ1) is 19.5. The highest BCUT2D eigenvalue weighted by Crippen LogP contribution is 2.45. The van der Waals surface area contributed by atoms with E-state index in [0.717, 1.165) is 17.3 Å². The molecule has 0 saturated heterocycles. The molecule has 28 heavy (non-hydrogen) atoms. The van der Waals surface area contributed by atoms with Crippen molar-refractivity contribution < 1.29 is 14.0 Å². The van der Waals surface area contributed by atoms with E-state index in [4.69, 9.17) is 5.73 Å². The summed E-state index contributed by atoms with van der Waals surface area (Å²) in [5.41, 5.74) is 8.30. The van der Waals surface area contributed by atoms with Gasteiger partial charge in [0.1, 0.15) is 11.1 Å². The summed E-state index contributed by atoms with van der Waals surface area (Å²) in [4.78, 5) is 24.9. The average molecular weight is 396 g/mol. The lowest BCUT2D eigenvalue weighted by Gasteiger charge is -2.19. The molecule has 3 amide bonds. The molecule has 2 aromatic carbocycles. The minimum absolute atomic E-state index is 0.218. The summed E-state index contributed by atoms with van der Waals surface area (Å²) < 4.78 is 13.2. The minimum atomic E-state index is -0.816. The van der Waals surface area contributed by atoms with Crippen LogP contribution in [-0.4, -0.2) is 17.2 Å². The molecule has 2 aromatic rings. The fourth-order valence-electron chi connectivity index (χ4n) is 2.90. The van der Waals surface area contributed by atoms with Gasteiger partial charge in [-0.1, -0.05) is 41.6 Å². The Morgan fingerprint density at radius 3 is 2.39 bits per heavy atom. The molecule has 6 nitrogen and oxygen atoms in total. The van der Waals surface area contributed by atoms with Gasteiger partial charge in [0.2, 0.25) is 5.91 Å². The summed E-state index contributed by atoms with van der Waals surface area (Å²) in [6.07, 6.45) is 0. The average Bonchev–Trinajstić information content (AvgIpc) is 3.00. The fourth-order valence-corrected chi connectivity index (χ4v) is 4.06. The third-order valence-electron chi connectivity index (χ3n) is 4.29. The molecule has 0 saturated carbocycles. The largest absolute Gasteiger partial charge is 0.393 e. The number of thioether (sulfide) groups is 1. The molecule has 0 fully saturated rings. The molecule has 8 heteroatoms. The van der Waals surface area contributed by atoms with E-state index in [1.165, 1.54) is 24.3 Å². The Hall–Kier alpha value is -3.31. The van der Waals surface area contributed by atoms with Gasteiger partial charge in [-0.05, 0) is 36.8 Å². The topological polar surface area (TPSA) is 108 Å². The van der Waals surface area contributed by atoms with Gasteiger partial charge in [0.25, 0.3) is 0 Å². The van der Waals surface area contributed by atoms with Gasteiger partial charge >= 0.3 is 6.03 Å². The Morgan fingerprint density at radius 1 is 1.14 bits per heavy atom. The standard InChI is InChI=1S/C20H17FN4O2S/c1-11-2-8-14(9-3-11)24-20(27)25-19(26)17-16(15(10-22)18(23)28-17)12-4-6-13(21)7-5-12/h2-9,16-17H,23H2,1H3,(H2,24,25,26,27)/t16-,17-/m1/s1. The second kappa shape index (κ2) is 8.15. The van der Waals surface area contributed by atoms with Crippen molar-refractivity contribution in [2.75, 3.05) is 5.32 Å². The number of aryl methyl sites for hydroxylation is 1. The number of nitrogens with zero attached hydrogens (tertiary/aromatic N) is 1. The predicted octanol–water partition coefficient (Wildman–Crippen LogP) is 3.38. The van der Waals surface area contributed by atoms with Gasteiger partial charge in [0.05, 0.1) is 16.7 Å². The molecule has 0 radical (unpaired) electrons. The SMILES string of the molecule is Cc1ccc(NC(=O)NC(=O)[C@@H]2SC(N)=C(C#N)[C@H]2c2ccc(F)cc2)cc1. The molecular formula is C20H17FN4O2S. The van der Waals surface area contributed by atoms with E-state index in [2.05, 4.69) is 10.6 Å². The van der Waals surface area contributed by atoms with Crippen molar-refractivity contribution in [3.05, 3.63) is 76.1 Å². The molecule has 142 valence electrons. The number of halogens is 1. The van der Waals surface area contributed by atoms with Crippen LogP contribution in [0.15, 0.2) is 59.1 Å². The third kappa shape index (κ3) is 4.15.